The number of aliphatic hydroxyl groups is 1. The van der Waals surface area contributed by atoms with E-state index in [1.165, 1.54) is 5.56 Å². The maximum atomic E-state index is 9.18. The Labute approximate surface area is 130 Å². The van der Waals surface area contributed by atoms with Crippen LogP contribution >= 0.6 is 15.9 Å². The van der Waals surface area contributed by atoms with E-state index >= 15 is 0 Å². The first-order chi connectivity index (χ1) is 9.72. The summed E-state index contributed by atoms with van der Waals surface area (Å²) in [5, 5.41) is 12.6. The van der Waals surface area contributed by atoms with Crippen molar-refractivity contribution in [2.24, 2.45) is 0 Å². The van der Waals surface area contributed by atoms with Crippen LogP contribution in [0.15, 0.2) is 22.7 Å². The highest BCUT2D eigenvalue weighted by Crippen LogP contribution is 2.27. The first kappa shape index (κ1) is 17.4. The first-order valence-electron chi connectivity index (χ1n) is 7.06. The van der Waals surface area contributed by atoms with Crippen LogP contribution in [0.1, 0.15) is 18.9 Å². The Morgan fingerprint density at radius 3 is 2.75 bits per heavy atom. The van der Waals surface area contributed by atoms with Gasteiger partial charge in [-0.3, -0.25) is 0 Å². The number of halogens is 1. The molecule has 1 aromatic rings. The smallest absolute Gasteiger partial charge is 0.0637 e. The number of anilines is 1. The van der Waals surface area contributed by atoms with Crippen LogP contribution in [-0.4, -0.2) is 45.1 Å². The van der Waals surface area contributed by atoms with Gasteiger partial charge in [0, 0.05) is 31.2 Å². The van der Waals surface area contributed by atoms with Crippen molar-refractivity contribution >= 4 is 21.6 Å². The molecule has 2 N–H and O–H groups in total. The van der Waals surface area contributed by atoms with Gasteiger partial charge in [0.1, 0.15) is 0 Å². The molecular weight excluding hydrogens is 320 g/mol. The lowest BCUT2D eigenvalue weighted by Crippen LogP contribution is -2.30. The predicted molar refractivity (Wildman–Crippen MR) is 87.3 cm³/mol. The second-order valence-corrected chi connectivity index (χ2v) is 5.52. The SMILES string of the molecule is CCCNCc1ccc(N(CCO)CCOC)c(Br)c1. The van der Waals surface area contributed by atoms with Gasteiger partial charge in [0.05, 0.1) is 18.9 Å². The van der Waals surface area contributed by atoms with E-state index in [4.69, 9.17) is 4.74 Å². The maximum Gasteiger partial charge on any atom is 0.0637 e. The zero-order chi connectivity index (χ0) is 14.8. The molecular formula is C15H25BrN2O2. The van der Waals surface area contributed by atoms with Gasteiger partial charge in [-0.15, -0.1) is 0 Å². The second kappa shape index (κ2) is 10.2. The molecule has 0 bridgehead atoms. The van der Waals surface area contributed by atoms with E-state index in [2.05, 4.69) is 51.3 Å². The third-order valence-electron chi connectivity index (χ3n) is 3.04. The Kier molecular flexibility index (Phi) is 8.85. The van der Waals surface area contributed by atoms with Crippen LogP contribution in [-0.2, 0) is 11.3 Å². The van der Waals surface area contributed by atoms with Crippen molar-refractivity contribution in [3.05, 3.63) is 28.2 Å². The molecule has 0 radical (unpaired) electrons. The topological polar surface area (TPSA) is 44.7 Å². The fraction of sp³-hybridized carbons (Fsp3) is 0.600. The summed E-state index contributed by atoms with van der Waals surface area (Å²) in [5.41, 5.74) is 2.35. The molecule has 0 atom stereocenters. The quantitative estimate of drug-likeness (QED) is 0.639. The summed E-state index contributed by atoms with van der Waals surface area (Å²) in [6, 6.07) is 6.35. The lowest BCUT2D eigenvalue weighted by molar-refractivity contribution is 0.203. The number of ether oxygens (including phenoxy) is 1. The van der Waals surface area contributed by atoms with Crippen LogP contribution < -0.4 is 10.2 Å². The summed E-state index contributed by atoms with van der Waals surface area (Å²) in [5.74, 6) is 0. The Hall–Kier alpha value is -0.620. The Morgan fingerprint density at radius 1 is 1.35 bits per heavy atom. The van der Waals surface area contributed by atoms with Gasteiger partial charge in [0.15, 0.2) is 0 Å². The number of hydrogen-bond acceptors (Lipinski definition) is 4. The Bertz CT molecular complexity index is 388. The average molecular weight is 345 g/mol. The standard InChI is InChI=1S/C15H25BrN2O2/c1-3-6-17-12-13-4-5-15(14(16)11-13)18(7-9-19)8-10-20-2/h4-5,11,17,19H,3,6-10,12H2,1-2H3. The van der Waals surface area contributed by atoms with Crippen molar-refractivity contribution in [1.29, 1.82) is 0 Å². The number of nitrogens with one attached hydrogen (secondary N) is 1. The zero-order valence-corrected chi connectivity index (χ0v) is 13.9. The molecule has 0 unspecified atom stereocenters. The highest BCUT2D eigenvalue weighted by Gasteiger charge is 2.10. The molecule has 0 spiro atoms. The Balaban J connectivity index is 2.72. The van der Waals surface area contributed by atoms with Crippen LogP contribution in [0, 0.1) is 0 Å². The van der Waals surface area contributed by atoms with Crippen LogP contribution in [0.2, 0.25) is 0 Å². The molecule has 0 aromatic heterocycles. The molecule has 0 aliphatic heterocycles. The summed E-state index contributed by atoms with van der Waals surface area (Å²) in [4.78, 5) is 2.12. The van der Waals surface area contributed by atoms with Crippen molar-refractivity contribution in [2.75, 3.05) is 44.9 Å². The second-order valence-electron chi connectivity index (χ2n) is 4.67. The molecule has 0 amide bonds. The molecule has 0 aliphatic rings. The van der Waals surface area contributed by atoms with Gasteiger partial charge in [0.25, 0.3) is 0 Å². The molecule has 4 nitrogen and oxygen atoms in total. The van der Waals surface area contributed by atoms with E-state index in [0.29, 0.717) is 13.2 Å². The fourth-order valence-corrected chi connectivity index (χ4v) is 2.68. The molecule has 1 rings (SSSR count). The van der Waals surface area contributed by atoms with Gasteiger partial charge in [-0.1, -0.05) is 13.0 Å². The van der Waals surface area contributed by atoms with Gasteiger partial charge in [-0.2, -0.15) is 0 Å². The van der Waals surface area contributed by atoms with Crippen LogP contribution in [0.5, 0.6) is 0 Å². The lowest BCUT2D eigenvalue weighted by Gasteiger charge is -2.25. The van der Waals surface area contributed by atoms with Crippen molar-refractivity contribution in [3.8, 4) is 0 Å². The highest BCUT2D eigenvalue weighted by atomic mass is 79.9. The van der Waals surface area contributed by atoms with Crippen LogP contribution in [0.25, 0.3) is 0 Å². The molecule has 0 saturated carbocycles. The summed E-state index contributed by atoms with van der Waals surface area (Å²) in [7, 11) is 1.69. The minimum atomic E-state index is 0.135. The average Bonchev–Trinajstić information content (AvgIpc) is 2.44. The molecule has 0 saturated heterocycles. The predicted octanol–water partition coefficient (Wildman–Crippen LogP) is 2.39. The fourth-order valence-electron chi connectivity index (χ4n) is 2.00. The lowest BCUT2D eigenvalue weighted by atomic mass is 10.2. The maximum absolute atomic E-state index is 9.18. The minimum Gasteiger partial charge on any atom is -0.395 e. The van der Waals surface area contributed by atoms with Gasteiger partial charge >= 0.3 is 0 Å². The van der Waals surface area contributed by atoms with E-state index < -0.39 is 0 Å². The largest absolute Gasteiger partial charge is 0.395 e. The van der Waals surface area contributed by atoms with Gasteiger partial charge in [-0.05, 0) is 46.6 Å². The van der Waals surface area contributed by atoms with Gasteiger partial charge in [-0.25, -0.2) is 0 Å². The summed E-state index contributed by atoms with van der Waals surface area (Å²) >= 11 is 3.63. The number of benzene rings is 1. The number of methoxy groups -OCH3 is 1. The molecule has 114 valence electrons. The van der Waals surface area contributed by atoms with Gasteiger partial charge in [0.2, 0.25) is 0 Å². The van der Waals surface area contributed by atoms with Crippen molar-refractivity contribution < 1.29 is 9.84 Å². The van der Waals surface area contributed by atoms with E-state index in [1.807, 2.05) is 0 Å². The minimum absolute atomic E-state index is 0.135. The van der Waals surface area contributed by atoms with E-state index in [0.717, 1.165) is 36.2 Å². The third kappa shape index (κ3) is 5.79. The molecule has 0 fully saturated rings. The van der Waals surface area contributed by atoms with Crippen molar-refractivity contribution in [3.63, 3.8) is 0 Å². The highest BCUT2D eigenvalue weighted by molar-refractivity contribution is 9.10. The molecule has 0 heterocycles. The molecule has 20 heavy (non-hydrogen) atoms. The van der Waals surface area contributed by atoms with E-state index in [1.54, 1.807) is 7.11 Å². The van der Waals surface area contributed by atoms with Crippen molar-refractivity contribution in [2.45, 2.75) is 19.9 Å². The summed E-state index contributed by atoms with van der Waals surface area (Å²) in [6.07, 6.45) is 1.14. The summed E-state index contributed by atoms with van der Waals surface area (Å²) < 4.78 is 6.17. The van der Waals surface area contributed by atoms with E-state index in [9.17, 15) is 5.11 Å². The zero-order valence-electron chi connectivity index (χ0n) is 12.4. The Morgan fingerprint density at radius 2 is 2.15 bits per heavy atom. The summed E-state index contributed by atoms with van der Waals surface area (Å²) in [6.45, 7) is 6.23. The van der Waals surface area contributed by atoms with Gasteiger partial charge < -0.3 is 20.1 Å². The number of nitrogens with zero attached hydrogens (tertiary/aromatic N) is 1. The van der Waals surface area contributed by atoms with E-state index in [-0.39, 0.29) is 6.61 Å². The number of rotatable bonds is 10. The first-order valence-corrected chi connectivity index (χ1v) is 7.86. The van der Waals surface area contributed by atoms with Crippen molar-refractivity contribution in [1.82, 2.24) is 5.32 Å². The number of aliphatic hydroxyl groups excluding tert-OH is 1. The monoisotopic (exact) mass is 344 g/mol. The molecule has 5 heteroatoms. The number of hydrogen-bond donors (Lipinski definition) is 2. The normalized spacial score (nSPS) is 10.8. The molecule has 1 aromatic carbocycles. The van der Waals surface area contributed by atoms with Crippen LogP contribution in [0.4, 0.5) is 5.69 Å². The van der Waals surface area contributed by atoms with Crippen LogP contribution in [0.3, 0.4) is 0 Å². The third-order valence-corrected chi connectivity index (χ3v) is 3.68. The molecule has 0 aliphatic carbocycles.